The minimum Gasteiger partial charge on any atom is -0.381 e. The monoisotopic (exact) mass is 362 g/mol. The zero-order valence-electron chi connectivity index (χ0n) is 15.5. The number of ether oxygens (including phenoxy) is 1. The van der Waals surface area contributed by atoms with Crippen LogP contribution in [0, 0.1) is 0 Å². The average molecular weight is 362 g/mol. The fraction of sp³-hybridized carbons (Fsp3) is 0.261. The molecule has 4 heteroatoms. The minimum absolute atomic E-state index is 0.0491. The summed E-state index contributed by atoms with van der Waals surface area (Å²) in [4.78, 5) is 12.0. The Morgan fingerprint density at radius 2 is 1.59 bits per heavy atom. The van der Waals surface area contributed by atoms with E-state index < -0.39 is 0 Å². The summed E-state index contributed by atoms with van der Waals surface area (Å²) in [6.45, 7) is 2.02. The standard InChI is InChI=1S/C23H26N2O2/c26-23(19-21-9-11-22(12-10-21)25-15-4-5-16-25)24-14-6-17-27-18-13-20-7-2-1-3-8-20/h1-5,7-12,15-16H,6,13-14,17-19H2,(H,24,26). The molecule has 0 fully saturated rings. The van der Waals surface area contributed by atoms with E-state index >= 15 is 0 Å². The van der Waals surface area contributed by atoms with E-state index in [0.717, 1.165) is 24.1 Å². The molecule has 0 unspecified atom stereocenters. The highest BCUT2D eigenvalue weighted by molar-refractivity contribution is 5.78. The first-order chi connectivity index (χ1) is 13.3. The lowest BCUT2D eigenvalue weighted by molar-refractivity contribution is -0.120. The van der Waals surface area contributed by atoms with Crippen LogP contribution < -0.4 is 5.32 Å². The Morgan fingerprint density at radius 3 is 2.33 bits per heavy atom. The normalized spacial score (nSPS) is 10.7. The van der Waals surface area contributed by atoms with E-state index in [9.17, 15) is 4.79 Å². The molecule has 0 aliphatic carbocycles. The third-order valence-electron chi connectivity index (χ3n) is 4.37. The van der Waals surface area contributed by atoms with Crippen molar-refractivity contribution in [3.05, 3.63) is 90.3 Å². The van der Waals surface area contributed by atoms with Crippen molar-refractivity contribution in [2.75, 3.05) is 19.8 Å². The van der Waals surface area contributed by atoms with Gasteiger partial charge in [-0.1, -0.05) is 42.5 Å². The van der Waals surface area contributed by atoms with Crippen LogP contribution in [0.3, 0.4) is 0 Å². The number of rotatable bonds is 10. The molecule has 0 atom stereocenters. The van der Waals surface area contributed by atoms with Crippen LogP contribution in [0.5, 0.6) is 0 Å². The molecule has 2 aromatic carbocycles. The molecule has 3 rings (SSSR count). The molecule has 0 aliphatic heterocycles. The number of carbonyl (C=O) groups excluding carboxylic acids is 1. The van der Waals surface area contributed by atoms with Crippen LogP contribution in [0.4, 0.5) is 0 Å². The number of amides is 1. The highest BCUT2D eigenvalue weighted by Gasteiger charge is 2.03. The van der Waals surface area contributed by atoms with Gasteiger partial charge in [0.2, 0.25) is 5.91 Å². The first-order valence-electron chi connectivity index (χ1n) is 9.42. The maximum absolute atomic E-state index is 12.0. The highest BCUT2D eigenvalue weighted by Crippen LogP contribution is 2.10. The van der Waals surface area contributed by atoms with Crippen molar-refractivity contribution >= 4 is 5.91 Å². The molecule has 1 heterocycles. The summed E-state index contributed by atoms with van der Waals surface area (Å²) in [5.41, 5.74) is 3.40. The number of benzene rings is 2. The average Bonchev–Trinajstić information content (AvgIpc) is 3.23. The SMILES string of the molecule is O=C(Cc1ccc(-n2cccc2)cc1)NCCCOCCc1ccccc1. The molecule has 27 heavy (non-hydrogen) atoms. The first kappa shape index (κ1) is 18.9. The Bertz CT molecular complexity index is 796. The molecule has 0 saturated heterocycles. The molecular formula is C23H26N2O2. The predicted molar refractivity (Wildman–Crippen MR) is 108 cm³/mol. The maximum Gasteiger partial charge on any atom is 0.224 e. The minimum atomic E-state index is 0.0491. The lowest BCUT2D eigenvalue weighted by Crippen LogP contribution is -2.26. The summed E-state index contributed by atoms with van der Waals surface area (Å²) >= 11 is 0. The Labute approximate surface area is 160 Å². The van der Waals surface area contributed by atoms with Gasteiger partial charge in [0.15, 0.2) is 0 Å². The van der Waals surface area contributed by atoms with Crippen LogP contribution in [0.25, 0.3) is 5.69 Å². The summed E-state index contributed by atoms with van der Waals surface area (Å²) in [5, 5.41) is 2.96. The second-order valence-corrected chi connectivity index (χ2v) is 6.49. The third kappa shape index (κ3) is 6.42. The van der Waals surface area contributed by atoms with Crippen molar-refractivity contribution in [1.29, 1.82) is 0 Å². The van der Waals surface area contributed by atoms with E-state index in [1.807, 2.05) is 71.6 Å². The summed E-state index contributed by atoms with van der Waals surface area (Å²) in [6, 6.07) is 22.4. The van der Waals surface area contributed by atoms with E-state index in [0.29, 0.717) is 26.2 Å². The first-order valence-corrected chi connectivity index (χ1v) is 9.42. The van der Waals surface area contributed by atoms with Gasteiger partial charge < -0.3 is 14.6 Å². The Kier molecular flexibility index (Phi) is 7.25. The molecule has 1 aromatic heterocycles. The van der Waals surface area contributed by atoms with E-state index in [1.54, 1.807) is 0 Å². The van der Waals surface area contributed by atoms with Gasteiger partial charge in [0, 0.05) is 31.2 Å². The third-order valence-corrected chi connectivity index (χ3v) is 4.37. The van der Waals surface area contributed by atoms with Gasteiger partial charge in [-0.25, -0.2) is 0 Å². The number of nitrogens with one attached hydrogen (secondary N) is 1. The van der Waals surface area contributed by atoms with E-state index in [1.165, 1.54) is 5.56 Å². The number of carbonyl (C=O) groups is 1. The maximum atomic E-state index is 12.0. The number of hydrogen-bond donors (Lipinski definition) is 1. The molecule has 0 spiro atoms. The van der Waals surface area contributed by atoms with Gasteiger partial charge in [0.1, 0.15) is 0 Å². The predicted octanol–water partition coefficient (Wildman–Crippen LogP) is 3.79. The van der Waals surface area contributed by atoms with Crippen molar-refractivity contribution in [2.45, 2.75) is 19.3 Å². The molecule has 1 N–H and O–H groups in total. The molecule has 0 radical (unpaired) electrons. The number of nitrogens with zero attached hydrogens (tertiary/aromatic N) is 1. The topological polar surface area (TPSA) is 43.3 Å². The van der Waals surface area contributed by atoms with Crippen LogP contribution in [0.2, 0.25) is 0 Å². The van der Waals surface area contributed by atoms with Gasteiger partial charge >= 0.3 is 0 Å². The zero-order valence-corrected chi connectivity index (χ0v) is 15.5. The summed E-state index contributed by atoms with van der Waals surface area (Å²) in [5.74, 6) is 0.0491. The molecular weight excluding hydrogens is 336 g/mol. The van der Waals surface area contributed by atoms with E-state index in [-0.39, 0.29) is 5.91 Å². The molecule has 0 bridgehead atoms. The fourth-order valence-corrected chi connectivity index (χ4v) is 2.88. The van der Waals surface area contributed by atoms with Gasteiger partial charge in [-0.05, 0) is 48.2 Å². The molecule has 3 aromatic rings. The smallest absolute Gasteiger partial charge is 0.224 e. The van der Waals surface area contributed by atoms with Crippen LogP contribution in [-0.2, 0) is 22.4 Å². The summed E-state index contributed by atoms with van der Waals surface area (Å²) in [7, 11) is 0. The van der Waals surface area contributed by atoms with Crippen molar-refractivity contribution in [3.8, 4) is 5.69 Å². The summed E-state index contributed by atoms with van der Waals surface area (Å²) < 4.78 is 7.68. The van der Waals surface area contributed by atoms with E-state index in [4.69, 9.17) is 4.74 Å². The molecule has 1 amide bonds. The van der Waals surface area contributed by atoms with E-state index in [2.05, 4.69) is 17.4 Å². The number of hydrogen-bond acceptors (Lipinski definition) is 2. The van der Waals surface area contributed by atoms with Gasteiger partial charge in [0.05, 0.1) is 13.0 Å². The molecule has 140 valence electrons. The van der Waals surface area contributed by atoms with Crippen LogP contribution in [-0.4, -0.2) is 30.2 Å². The Hall–Kier alpha value is -2.85. The molecule has 0 aliphatic rings. The van der Waals surface area contributed by atoms with Crippen molar-refractivity contribution in [3.63, 3.8) is 0 Å². The second-order valence-electron chi connectivity index (χ2n) is 6.49. The lowest BCUT2D eigenvalue weighted by Gasteiger charge is -2.08. The van der Waals surface area contributed by atoms with Gasteiger partial charge in [-0.3, -0.25) is 4.79 Å². The molecule has 4 nitrogen and oxygen atoms in total. The highest BCUT2D eigenvalue weighted by atomic mass is 16.5. The van der Waals surface area contributed by atoms with Gasteiger partial charge in [0.25, 0.3) is 0 Å². The van der Waals surface area contributed by atoms with Crippen LogP contribution in [0.15, 0.2) is 79.1 Å². The lowest BCUT2D eigenvalue weighted by atomic mass is 10.1. The van der Waals surface area contributed by atoms with Gasteiger partial charge in [-0.2, -0.15) is 0 Å². The Morgan fingerprint density at radius 1 is 0.852 bits per heavy atom. The number of aromatic nitrogens is 1. The second kappa shape index (κ2) is 10.3. The summed E-state index contributed by atoms with van der Waals surface area (Å²) in [6.07, 6.45) is 6.16. The Balaban J connectivity index is 1.27. The molecule has 0 saturated carbocycles. The largest absolute Gasteiger partial charge is 0.381 e. The van der Waals surface area contributed by atoms with Crippen LogP contribution >= 0.6 is 0 Å². The van der Waals surface area contributed by atoms with Crippen molar-refractivity contribution < 1.29 is 9.53 Å². The van der Waals surface area contributed by atoms with Crippen molar-refractivity contribution in [2.24, 2.45) is 0 Å². The zero-order chi connectivity index (χ0) is 18.7. The van der Waals surface area contributed by atoms with Crippen molar-refractivity contribution in [1.82, 2.24) is 9.88 Å². The van der Waals surface area contributed by atoms with Gasteiger partial charge in [-0.15, -0.1) is 0 Å². The quantitative estimate of drug-likeness (QED) is 0.558. The van der Waals surface area contributed by atoms with Crippen LogP contribution in [0.1, 0.15) is 17.5 Å². The fourth-order valence-electron chi connectivity index (χ4n) is 2.88.